The van der Waals surface area contributed by atoms with Gasteiger partial charge in [0.2, 0.25) is 0 Å². The van der Waals surface area contributed by atoms with Crippen molar-refractivity contribution in [2.45, 2.75) is 0 Å². The summed E-state index contributed by atoms with van der Waals surface area (Å²) in [6, 6.07) is 0. The Morgan fingerprint density at radius 3 is 2.00 bits per heavy atom. The van der Waals surface area contributed by atoms with Crippen LogP contribution < -0.4 is 18.9 Å². The molecule has 0 fully saturated rings. The van der Waals surface area contributed by atoms with Crippen molar-refractivity contribution in [1.29, 1.82) is 0 Å². The molecule has 0 aromatic rings. The summed E-state index contributed by atoms with van der Waals surface area (Å²) in [6.45, 7) is 0. The van der Waals surface area contributed by atoms with Gasteiger partial charge in [0.15, 0.2) is 0 Å². The number of hydrogen-bond donors (Lipinski definition) is 0. The van der Waals surface area contributed by atoms with Crippen molar-refractivity contribution in [3.8, 4) is 0 Å². The molecule has 28 valence electrons. The first-order chi connectivity index (χ1) is 1.73. The molecule has 0 aliphatic heterocycles. The first-order valence-electron chi connectivity index (χ1n) is 0.742. The number of hydrogen-bond acceptors (Lipinski definition) is 2. The molecule has 0 N–H and O–H groups in total. The topological polar surface area (TPSA) is 40.1 Å². The first-order valence-corrected chi connectivity index (χ1v) is 2.22. The van der Waals surface area contributed by atoms with Gasteiger partial charge in [0.25, 0.3) is 0 Å². The summed E-state index contributed by atoms with van der Waals surface area (Å²) in [7, 11) is 0. The molecular formula is CH4LiO2S-. The fourth-order valence-corrected chi connectivity index (χ4v) is 0. The van der Waals surface area contributed by atoms with E-state index >= 15 is 0 Å². The van der Waals surface area contributed by atoms with Gasteiger partial charge in [0.1, 0.15) is 0 Å². The average Bonchev–Trinajstić information content (AvgIpc) is 0.811. The van der Waals surface area contributed by atoms with E-state index in [1.54, 1.807) is 0 Å². The molecule has 0 spiro atoms. The third-order valence-electron chi connectivity index (χ3n) is 0. The molecular weight excluding hydrogens is 83.0 g/mol. The van der Waals surface area contributed by atoms with E-state index < -0.39 is 11.1 Å². The summed E-state index contributed by atoms with van der Waals surface area (Å²) < 4.78 is 18.0. The van der Waals surface area contributed by atoms with E-state index in [1.807, 2.05) is 0 Å². The quantitative estimate of drug-likeness (QED) is 0.228. The second-order valence-corrected chi connectivity index (χ2v) is 1.20. The molecule has 0 saturated carbocycles. The van der Waals surface area contributed by atoms with E-state index in [2.05, 4.69) is 0 Å². The Morgan fingerprint density at radius 2 is 2.00 bits per heavy atom. The minimum atomic E-state index is -1.86. The average molecular weight is 87.0 g/mol. The molecule has 1 atom stereocenters. The van der Waals surface area contributed by atoms with Crippen molar-refractivity contribution in [2.24, 2.45) is 0 Å². The summed E-state index contributed by atoms with van der Waals surface area (Å²) >= 11 is -1.86. The predicted molar refractivity (Wildman–Crippen MR) is 16.0 cm³/mol. The van der Waals surface area contributed by atoms with Gasteiger partial charge in [0.05, 0.1) is 0 Å². The summed E-state index contributed by atoms with van der Waals surface area (Å²) in [4.78, 5) is 0. The third kappa shape index (κ3) is 69.0. The second kappa shape index (κ2) is 4.71. The molecule has 5 heavy (non-hydrogen) atoms. The van der Waals surface area contributed by atoms with Crippen LogP contribution in [-0.2, 0) is 11.1 Å². The normalized spacial score (nSPS) is 12.4. The van der Waals surface area contributed by atoms with E-state index in [1.165, 1.54) is 0 Å². The third-order valence-corrected chi connectivity index (χ3v) is 0. The van der Waals surface area contributed by atoms with E-state index in [0.29, 0.717) is 0 Å². The fraction of sp³-hybridized carbons (Fsp3) is 1.00. The molecule has 0 heterocycles. The van der Waals surface area contributed by atoms with E-state index in [0.717, 1.165) is 6.26 Å². The monoisotopic (exact) mass is 87.0 g/mol. The maximum absolute atomic E-state index is 9.00. The van der Waals surface area contributed by atoms with Crippen molar-refractivity contribution in [3.05, 3.63) is 0 Å². The molecule has 0 bridgehead atoms. The minimum absolute atomic E-state index is 0. The van der Waals surface area contributed by atoms with Gasteiger partial charge in [-0.15, -0.1) is 0 Å². The van der Waals surface area contributed by atoms with E-state index in [4.69, 9.17) is 8.76 Å². The summed E-state index contributed by atoms with van der Waals surface area (Å²) in [6.07, 6.45) is 1.08. The second-order valence-electron chi connectivity index (χ2n) is 0.401. The van der Waals surface area contributed by atoms with E-state index in [9.17, 15) is 0 Å². The van der Waals surface area contributed by atoms with Crippen molar-refractivity contribution < 1.29 is 29.0 Å². The molecule has 0 aliphatic rings. The molecule has 0 aliphatic carbocycles. The largest absolute Gasteiger partial charge is 1.00 e. The van der Waals surface area contributed by atoms with Gasteiger partial charge in [-0.2, -0.15) is 0 Å². The minimum Gasteiger partial charge on any atom is -1.00 e. The van der Waals surface area contributed by atoms with Crippen molar-refractivity contribution in [2.75, 3.05) is 6.26 Å². The summed E-state index contributed by atoms with van der Waals surface area (Å²) in [5, 5.41) is 0. The van der Waals surface area contributed by atoms with Crippen molar-refractivity contribution in [1.82, 2.24) is 0 Å². The maximum Gasteiger partial charge on any atom is 1.00 e. The smallest absolute Gasteiger partial charge is 1.00 e. The van der Waals surface area contributed by atoms with Crippen LogP contribution in [0.15, 0.2) is 0 Å². The molecule has 0 amide bonds. The summed E-state index contributed by atoms with van der Waals surface area (Å²) in [5.74, 6) is 0. The zero-order chi connectivity index (χ0) is 3.58. The van der Waals surface area contributed by atoms with Crippen molar-refractivity contribution >= 4 is 11.1 Å². The Hall–Kier alpha value is 0.707. The SMILES string of the molecule is CS(=O)[O-].[H-].[Li+]. The fourth-order valence-electron chi connectivity index (χ4n) is 0. The Balaban J connectivity index is -0.0000000450. The Kier molecular flexibility index (Phi) is 8.66. The first kappa shape index (κ1) is 9.20. The van der Waals surface area contributed by atoms with Gasteiger partial charge in [-0.25, -0.2) is 0 Å². The van der Waals surface area contributed by atoms with Crippen LogP contribution in [0, 0.1) is 0 Å². The van der Waals surface area contributed by atoms with Crippen LogP contribution >= 0.6 is 0 Å². The van der Waals surface area contributed by atoms with Crippen LogP contribution in [0.1, 0.15) is 1.43 Å². The van der Waals surface area contributed by atoms with Gasteiger partial charge in [-0.05, 0) is 6.26 Å². The zero-order valence-electron chi connectivity index (χ0n) is 4.22. The molecule has 4 heteroatoms. The van der Waals surface area contributed by atoms with E-state index in [-0.39, 0.29) is 20.3 Å². The molecule has 1 unspecified atom stereocenters. The van der Waals surface area contributed by atoms with Gasteiger partial charge in [-0.1, -0.05) is 11.1 Å². The van der Waals surface area contributed by atoms with Crippen LogP contribution in [-0.4, -0.2) is 15.0 Å². The van der Waals surface area contributed by atoms with Crippen LogP contribution in [0.2, 0.25) is 0 Å². The van der Waals surface area contributed by atoms with Crippen LogP contribution in [0.4, 0.5) is 0 Å². The van der Waals surface area contributed by atoms with Gasteiger partial charge in [0, 0.05) is 0 Å². The molecule has 0 saturated heterocycles. The predicted octanol–water partition coefficient (Wildman–Crippen LogP) is -3.39. The Labute approximate surface area is 46.9 Å². The Bertz CT molecular complexity index is 36.5. The molecule has 0 rings (SSSR count). The van der Waals surface area contributed by atoms with Gasteiger partial charge < -0.3 is 5.98 Å². The van der Waals surface area contributed by atoms with Gasteiger partial charge >= 0.3 is 18.9 Å². The van der Waals surface area contributed by atoms with Gasteiger partial charge in [-0.3, -0.25) is 4.21 Å². The zero-order valence-corrected chi connectivity index (χ0v) is 4.04. The Morgan fingerprint density at radius 1 is 2.00 bits per heavy atom. The molecule has 0 radical (unpaired) electrons. The molecule has 0 aromatic heterocycles. The van der Waals surface area contributed by atoms with Crippen LogP contribution in [0.5, 0.6) is 0 Å². The standard InChI is InChI=1S/CH4O2S.Li.H/c1-4(2)3;;/h1H3,(H,2,3);;/q;+1;-1/p-1. The number of rotatable bonds is 0. The molecule has 2 nitrogen and oxygen atoms in total. The molecule has 0 aromatic carbocycles. The van der Waals surface area contributed by atoms with Crippen LogP contribution in [0.3, 0.4) is 0 Å². The van der Waals surface area contributed by atoms with Crippen molar-refractivity contribution in [3.63, 3.8) is 0 Å². The van der Waals surface area contributed by atoms with Crippen LogP contribution in [0.25, 0.3) is 0 Å². The maximum atomic E-state index is 9.00. The summed E-state index contributed by atoms with van der Waals surface area (Å²) in [5.41, 5.74) is 0.